The van der Waals surface area contributed by atoms with Crippen molar-refractivity contribution >= 4 is 11.6 Å². The van der Waals surface area contributed by atoms with E-state index in [0.717, 1.165) is 12.0 Å². The second kappa shape index (κ2) is 8.03. The predicted molar refractivity (Wildman–Crippen MR) is 93.6 cm³/mol. The van der Waals surface area contributed by atoms with Gasteiger partial charge in [-0.1, -0.05) is 36.9 Å². The van der Waals surface area contributed by atoms with Crippen LogP contribution in [-0.2, 0) is 6.42 Å². The Morgan fingerprint density at radius 2 is 1.96 bits per heavy atom. The standard InChI is InChI=1S/C19H22N2O2/c1-14(2)13-23-18-9-8-16(12-17(18)20)19(22)21-11-10-15-6-4-3-5-7-15/h3-9,12H,1,10-11,13,20H2,2H3,(H,21,22). The molecule has 2 rings (SSSR count). The molecule has 0 aliphatic carbocycles. The molecule has 0 unspecified atom stereocenters. The quantitative estimate of drug-likeness (QED) is 0.610. The third-order valence-corrected chi connectivity index (χ3v) is 3.29. The zero-order valence-electron chi connectivity index (χ0n) is 13.3. The highest BCUT2D eigenvalue weighted by molar-refractivity contribution is 5.95. The maximum absolute atomic E-state index is 12.1. The van der Waals surface area contributed by atoms with Crippen LogP contribution in [0.3, 0.4) is 0 Å². The lowest BCUT2D eigenvalue weighted by molar-refractivity contribution is 0.0954. The van der Waals surface area contributed by atoms with Crippen molar-refractivity contribution in [1.82, 2.24) is 5.32 Å². The van der Waals surface area contributed by atoms with E-state index in [4.69, 9.17) is 10.5 Å². The molecule has 0 bridgehead atoms. The molecule has 0 heterocycles. The minimum atomic E-state index is -0.140. The minimum absolute atomic E-state index is 0.140. The highest BCUT2D eigenvalue weighted by Crippen LogP contribution is 2.23. The molecule has 0 aromatic heterocycles. The Morgan fingerprint density at radius 1 is 1.22 bits per heavy atom. The summed E-state index contributed by atoms with van der Waals surface area (Å²) in [6, 6.07) is 15.1. The van der Waals surface area contributed by atoms with E-state index >= 15 is 0 Å². The van der Waals surface area contributed by atoms with Gasteiger partial charge in [0.1, 0.15) is 12.4 Å². The van der Waals surface area contributed by atoms with Gasteiger partial charge in [-0.15, -0.1) is 0 Å². The Hall–Kier alpha value is -2.75. The van der Waals surface area contributed by atoms with Gasteiger partial charge >= 0.3 is 0 Å². The maximum Gasteiger partial charge on any atom is 0.251 e. The number of hydrogen-bond acceptors (Lipinski definition) is 3. The summed E-state index contributed by atoms with van der Waals surface area (Å²) in [5.41, 5.74) is 9.00. The van der Waals surface area contributed by atoms with Gasteiger partial charge in [0.15, 0.2) is 0 Å². The lowest BCUT2D eigenvalue weighted by Crippen LogP contribution is -2.25. The second-order valence-electron chi connectivity index (χ2n) is 5.49. The summed E-state index contributed by atoms with van der Waals surface area (Å²) < 4.78 is 5.52. The topological polar surface area (TPSA) is 64.3 Å². The van der Waals surface area contributed by atoms with Crippen molar-refractivity contribution in [3.63, 3.8) is 0 Å². The van der Waals surface area contributed by atoms with E-state index < -0.39 is 0 Å². The first kappa shape index (κ1) is 16.6. The van der Waals surface area contributed by atoms with Crippen LogP contribution in [0.4, 0.5) is 5.69 Å². The minimum Gasteiger partial charge on any atom is -0.487 e. The van der Waals surface area contributed by atoms with Crippen molar-refractivity contribution in [2.24, 2.45) is 0 Å². The number of amides is 1. The van der Waals surface area contributed by atoms with Gasteiger partial charge in [0.2, 0.25) is 0 Å². The number of benzene rings is 2. The number of anilines is 1. The number of nitrogens with one attached hydrogen (secondary N) is 1. The van der Waals surface area contributed by atoms with Crippen LogP contribution in [0.5, 0.6) is 5.75 Å². The molecule has 0 saturated carbocycles. The summed E-state index contributed by atoms with van der Waals surface area (Å²) in [5.74, 6) is 0.424. The van der Waals surface area contributed by atoms with Crippen molar-refractivity contribution in [1.29, 1.82) is 0 Å². The largest absolute Gasteiger partial charge is 0.487 e. The average Bonchev–Trinajstić information content (AvgIpc) is 2.54. The molecule has 0 aliphatic heterocycles. The number of nitrogen functional groups attached to an aromatic ring is 1. The monoisotopic (exact) mass is 310 g/mol. The Bertz CT molecular complexity index is 681. The third-order valence-electron chi connectivity index (χ3n) is 3.29. The zero-order chi connectivity index (χ0) is 16.7. The SMILES string of the molecule is C=C(C)COc1ccc(C(=O)NCCc2ccccc2)cc1N. The van der Waals surface area contributed by atoms with Crippen LogP contribution in [0.15, 0.2) is 60.7 Å². The van der Waals surface area contributed by atoms with E-state index in [2.05, 4.69) is 11.9 Å². The van der Waals surface area contributed by atoms with E-state index in [-0.39, 0.29) is 5.91 Å². The van der Waals surface area contributed by atoms with Gasteiger partial charge in [-0.05, 0) is 42.7 Å². The van der Waals surface area contributed by atoms with E-state index in [0.29, 0.717) is 30.2 Å². The van der Waals surface area contributed by atoms with Crippen molar-refractivity contribution < 1.29 is 9.53 Å². The molecule has 0 aliphatic rings. The summed E-state index contributed by atoms with van der Waals surface area (Å²) in [4.78, 5) is 12.1. The normalized spacial score (nSPS) is 10.1. The number of nitrogens with two attached hydrogens (primary N) is 1. The predicted octanol–water partition coefficient (Wildman–Crippen LogP) is 3.20. The summed E-state index contributed by atoms with van der Waals surface area (Å²) in [6.07, 6.45) is 0.794. The fraction of sp³-hybridized carbons (Fsp3) is 0.211. The lowest BCUT2D eigenvalue weighted by Gasteiger charge is -2.10. The zero-order valence-corrected chi connectivity index (χ0v) is 13.3. The van der Waals surface area contributed by atoms with Crippen molar-refractivity contribution in [2.45, 2.75) is 13.3 Å². The van der Waals surface area contributed by atoms with E-state index in [1.54, 1.807) is 18.2 Å². The third kappa shape index (κ3) is 5.18. The molecule has 1 amide bonds. The highest BCUT2D eigenvalue weighted by Gasteiger charge is 2.08. The van der Waals surface area contributed by atoms with E-state index in [9.17, 15) is 4.79 Å². The van der Waals surface area contributed by atoms with Gasteiger partial charge in [0.25, 0.3) is 5.91 Å². The summed E-state index contributed by atoms with van der Waals surface area (Å²) in [7, 11) is 0. The number of rotatable bonds is 7. The van der Waals surface area contributed by atoms with Crippen LogP contribution in [0.25, 0.3) is 0 Å². The van der Waals surface area contributed by atoms with Gasteiger partial charge < -0.3 is 15.8 Å². The molecule has 3 N–H and O–H groups in total. The van der Waals surface area contributed by atoms with Crippen molar-refractivity contribution in [3.8, 4) is 5.75 Å². The van der Waals surface area contributed by atoms with Gasteiger partial charge in [-0.25, -0.2) is 0 Å². The first-order valence-corrected chi connectivity index (χ1v) is 7.55. The molecule has 0 fully saturated rings. The first-order valence-electron chi connectivity index (χ1n) is 7.55. The maximum atomic E-state index is 12.1. The fourth-order valence-electron chi connectivity index (χ4n) is 2.09. The molecule has 4 nitrogen and oxygen atoms in total. The number of carbonyl (C=O) groups excluding carboxylic acids is 1. The van der Waals surface area contributed by atoms with Gasteiger partial charge in [0, 0.05) is 12.1 Å². The molecule has 120 valence electrons. The lowest BCUT2D eigenvalue weighted by atomic mass is 10.1. The van der Waals surface area contributed by atoms with Crippen LogP contribution in [0.1, 0.15) is 22.8 Å². The molecule has 2 aromatic rings. The Labute approximate surface area is 137 Å². The Balaban J connectivity index is 1.89. The smallest absolute Gasteiger partial charge is 0.251 e. The van der Waals surface area contributed by atoms with Crippen LogP contribution in [0, 0.1) is 0 Å². The summed E-state index contributed by atoms with van der Waals surface area (Å²) in [6.45, 7) is 6.64. The highest BCUT2D eigenvalue weighted by atomic mass is 16.5. The van der Waals surface area contributed by atoms with E-state index in [1.807, 2.05) is 37.3 Å². The molecule has 0 saturated heterocycles. The van der Waals surface area contributed by atoms with Crippen LogP contribution >= 0.6 is 0 Å². The number of ether oxygens (including phenoxy) is 1. The van der Waals surface area contributed by atoms with E-state index in [1.165, 1.54) is 5.56 Å². The van der Waals surface area contributed by atoms with Gasteiger partial charge in [-0.3, -0.25) is 4.79 Å². The van der Waals surface area contributed by atoms with Crippen LogP contribution in [0.2, 0.25) is 0 Å². The van der Waals surface area contributed by atoms with Crippen molar-refractivity contribution in [3.05, 3.63) is 71.8 Å². The Morgan fingerprint density at radius 3 is 2.61 bits per heavy atom. The van der Waals surface area contributed by atoms with Gasteiger partial charge in [-0.2, -0.15) is 0 Å². The molecule has 2 aromatic carbocycles. The molecular formula is C19H22N2O2. The Kier molecular flexibility index (Phi) is 5.80. The summed E-state index contributed by atoms with van der Waals surface area (Å²) in [5, 5.41) is 2.89. The van der Waals surface area contributed by atoms with Gasteiger partial charge in [0.05, 0.1) is 5.69 Å². The van der Waals surface area contributed by atoms with Crippen LogP contribution in [-0.4, -0.2) is 19.1 Å². The average molecular weight is 310 g/mol. The molecular weight excluding hydrogens is 288 g/mol. The van der Waals surface area contributed by atoms with Crippen LogP contribution < -0.4 is 15.8 Å². The molecule has 0 atom stereocenters. The number of carbonyl (C=O) groups is 1. The number of hydrogen-bond donors (Lipinski definition) is 2. The fourth-order valence-corrected chi connectivity index (χ4v) is 2.09. The molecule has 0 spiro atoms. The van der Waals surface area contributed by atoms with Crippen molar-refractivity contribution in [2.75, 3.05) is 18.9 Å². The molecule has 23 heavy (non-hydrogen) atoms. The first-order chi connectivity index (χ1) is 11.1. The summed E-state index contributed by atoms with van der Waals surface area (Å²) >= 11 is 0. The second-order valence-corrected chi connectivity index (χ2v) is 5.49. The molecule has 4 heteroatoms. The molecule has 0 radical (unpaired) electrons.